The van der Waals surface area contributed by atoms with Crippen molar-refractivity contribution in [2.75, 3.05) is 6.54 Å². The zero-order chi connectivity index (χ0) is 22.5. The highest BCUT2D eigenvalue weighted by Crippen LogP contribution is 2.38. The van der Waals surface area contributed by atoms with Gasteiger partial charge in [-0.05, 0) is 31.7 Å². The molecule has 0 radical (unpaired) electrons. The van der Waals surface area contributed by atoms with E-state index in [9.17, 15) is 28.3 Å². The molecule has 2 amide bonds. The van der Waals surface area contributed by atoms with E-state index in [1.54, 1.807) is 4.90 Å². The van der Waals surface area contributed by atoms with Gasteiger partial charge >= 0.3 is 0 Å². The lowest BCUT2D eigenvalue weighted by Crippen LogP contribution is -2.60. The van der Waals surface area contributed by atoms with Crippen LogP contribution in [0.15, 0.2) is 29.2 Å². The first kappa shape index (κ1) is 21.0. The molecule has 7 nitrogen and oxygen atoms in total. The van der Waals surface area contributed by atoms with E-state index in [-0.39, 0.29) is 23.4 Å². The largest absolute Gasteiger partial charge is 0.503 e. The summed E-state index contributed by atoms with van der Waals surface area (Å²) in [5.74, 6) is -3.28. The van der Waals surface area contributed by atoms with Crippen molar-refractivity contribution in [3.05, 3.63) is 63.1 Å². The summed E-state index contributed by atoms with van der Waals surface area (Å²) in [6, 6.07) is 2.96. The van der Waals surface area contributed by atoms with Crippen molar-refractivity contribution in [2.45, 2.75) is 45.3 Å². The Morgan fingerprint density at radius 3 is 2.77 bits per heavy atom. The van der Waals surface area contributed by atoms with Gasteiger partial charge in [0.2, 0.25) is 5.43 Å². The van der Waals surface area contributed by atoms with Crippen LogP contribution in [0.4, 0.5) is 8.78 Å². The summed E-state index contributed by atoms with van der Waals surface area (Å²) < 4.78 is 28.3. The van der Waals surface area contributed by atoms with E-state index < -0.39 is 40.2 Å². The SMILES string of the molecule is C[C@H]1CC[C@]2(C)Cn3cc(C(=O)NCc4ccc(F)cc4F)c(=O)c(O)c3C(=O)N2C1. The minimum Gasteiger partial charge on any atom is -0.503 e. The average molecular weight is 431 g/mol. The standard InChI is InChI=1S/C22H23F2N3O4/c1-12-5-6-22(2)11-26-10-15(18(28)19(29)17(26)21(31)27(22)9-12)20(30)25-8-13-3-4-14(23)7-16(13)24/h3-4,7,10,12,29H,5-6,8-9,11H2,1-2H3,(H,25,30)/t12-,22+/m0/s1. The summed E-state index contributed by atoms with van der Waals surface area (Å²) >= 11 is 0. The number of piperidine rings is 1. The first-order valence-electron chi connectivity index (χ1n) is 10.1. The van der Waals surface area contributed by atoms with E-state index in [0.717, 1.165) is 18.9 Å². The summed E-state index contributed by atoms with van der Waals surface area (Å²) in [5, 5.41) is 12.9. The van der Waals surface area contributed by atoms with Crippen molar-refractivity contribution >= 4 is 11.8 Å². The Kier molecular flexibility index (Phi) is 5.07. The smallest absolute Gasteiger partial charge is 0.275 e. The maximum atomic E-state index is 13.8. The fourth-order valence-electron chi connectivity index (χ4n) is 4.40. The van der Waals surface area contributed by atoms with Gasteiger partial charge in [0, 0.05) is 37.5 Å². The normalized spacial score (nSPS) is 22.6. The molecular weight excluding hydrogens is 408 g/mol. The number of halogens is 2. The molecule has 2 N–H and O–H groups in total. The van der Waals surface area contributed by atoms with Crippen molar-refractivity contribution < 1.29 is 23.5 Å². The van der Waals surface area contributed by atoms with Crippen LogP contribution in [0.2, 0.25) is 0 Å². The molecular formula is C22H23F2N3O4. The molecule has 1 aromatic carbocycles. The molecule has 164 valence electrons. The van der Waals surface area contributed by atoms with Gasteiger partial charge in [0.15, 0.2) is 11.4 Å². The van der Waals surface area contributed by atoms with Crippen LogP contribution in [-0.4, -0.2) is 38.5 Å². The van der Waals surface area contributed by atoms with Gasteiger partial charge < -0.3 is 19.9 Å². The number of carbonyl (C=O) groups excluding carboxylic acids is 2. The van der Waals surface area contributed by atoms with Crippen molar-refractivity contribution in [1.82, 2.24) is 14.8 Å². The quantitative estimate of drug-likeness (QED) is 0.781. The molecule has 1 saturated heterocycles. The number of hydrogen-bond acceptors (Lipinski definition) is 4. The van der Waals surface area contributed by atoms with Gasteiger partial charge in [-0.1, -0.05) is 13.0 Å². The van der Waals surface area contributed by atoms with Crippen LogP contribution >= 0.6 is 0 Å². The number of carbonyl (C=O) groups is 2. The number of pyridine rings is 1. The second-order valence-electron chi connectivity index (χ2n) is 8.67. The maximum absolute atomic E-state index is 13.8. The lowest BCUT2D eigenvalue weighted by Gasteiger charge is -2.50. The highest BCUT2D eigenvalue weighted by atomic mass is 19.1. The molecule has 1 aromatic heterocycles. The molecule has 0 spiro atoms. The molecule has 4 rings (SSSR count). The average Bonchev–Trinajstić information content (AvgIpc) is 2.71. The Bertz CT molecular complexity index is 1150. The maximum Gasteiger partial charge on any atom is 0.275 e. The third-order valence-corrected chi connectivity index (χ3v) is 6.24. The van der Waals surface area contributed by atoms with Crippen molar-refractivity contribution in [3.8, 4) is 5.75 Å². The number of aromatic hydroxyl groups is 1. The number of benzene rings is 1. The fraction of sp³-hybridized carbons (Fsp3) is 0.409. The molecule has 3 heterocycles. The Balaban J connectivity index is 1.65. The van der Waals surface area contributed by atoms with Gasteiger partial charge in [0.25, 0.3) is 11.8 Å². The molecule has 0 bridgehead atoms. The molecule has 0 unspecified atom stereocenters. The van der Waals surface area contributed by atoms with Crippen molar-refractivity contribution in [2.24, 2.45) is 5.92 Å². The van der Waals surface area contributed by atoms with Gasteiger partial charge in [-0.2, -0.15) is 0 Å². The van der Waals surface area contributed by atoms with Crippen LogP contribution in [0.5, 0.6) is 5.75 Å². The number of aromatic nitrogens is 1. The Labute approximate surface area is 177 Å². The Morgan fingerprint density at radius 2 is 2.06 bits per heavy atom. The van der Waals surface area contributed by atoms with Crippen LogP contribution in [0.25, 0.3) is 0 Å². The molecule has 2 atom stereocenters. The van der Waals surface area contributed by atoms with Gasteiger partial charge in [-0.15, -0.1) is 0 Å². The van der Waals surface area contributed by atoms with Gasteiger partial charge in [0.05, 0.1) is 5.54 Å². The minimum absolute atomic E-state index is 0.0479. The third kappa shape index (κ3) is 3.58. The molecule has 31 heavy (non-hydrogen) atoms. The van der Waals surface area contributed by atoms with Gasteiger partial charge in [0.1, 0.15) is 17.2 Å². The van der Waals surface area contributed by atoms with Crippen LogP contribution in [0.1, 0.15) is 53.1 Å². The van der Waals surface area contributed by atoms with Gasteiger partial charge in [-0.3, -0.25) is 14.4 Å². The number of nitrogens with one attached hydrogen (secondary N) is 1. The molecule has 1 fully saturated rings. The highest BCUT2D eigenvalue weighted by molar-refractivity contribution is 5.99. The van der Waals surface area contributed by atoms with E-state index in [4.69, 9.17) is 0 Å². The van der Waals surface area contributed by atoms with Crippen LogP contribution in [-0.2, 0) is 13.1 Å². The molecule has 2 aliphatic rings. The zero-order valence-corrected chi connectivity index (χ0v) is 17.2. The van der Waals surface area contributed by atoms with E-state index in [1.807, 2.05) is 13.8 Å². The monoisotopic (exact) mass is 431 g/mol. The highest BCUT2D eigenvalue weighted by Gasteiger charge is 2.46. The fourth-order valence-corrected chi connectivity index (χ4v) is 4.40. The molecule has 0 aliphatic carbocycles. The first-order valence-corrected chi connectivity index (χ1v) is 10.1. The van der Waals surface area contributed by atoms with E-state index in [0.29, 0.717) is 25.1 Å². The molecule has 2 aromatic rings. The van der Waals surface area contributed by atoms with E-state index in [1.165, 1.54) is 16.8 Å². The lowest BCUT2D eigenvalue weighted by molar-refractivity contribution is 0.00831. The predicted octanol–water partition coefficient (Wildman–Crippen LogP) is 2.41. The van der Waals surface area contributed by atoms with Crippen molar-refractivity contribution in [1.29, 1.82) is 0 Å². The molecule has 9 heteroatoms. The summed E-state index contributed by atoms with van der Waals surface area (Å²) in [4.78, 5) is 40.0. The minimum atomic E-state index is -0.967. The molecule has 2 aliphatic heterocycles. The summed E-state index contributed by atoms with van der Waals surface area (Å²) in [7, 11) is 0. The zero-order valence-electron chi connectivity index (χ0n) is 17.2. The molecule has 0 saturated carbocycles. The Hall–Kier alpha value is -3.23. The summed E-state index contributed by atoms with van der Waals surface area (Å²) in [6.45, 7) is 4.60. The topological polar surface area (TPSA) is 91.6 Å². The van der Waals surface area contributed by atoms with Crippen molar-refractivity contribution in [3.63, 3.8) is 0 Å². The van der Waals surface area contributed by atoms with Crippen LogP contribution in [0.3, 0.4) is 0 Å². The number of nitrogens with zero attached hydrogens (tertiary/aromatic N) is 2. The Morgan fingerprint density at radius 1 is 1.32 bits per heavy atom. The van der Waals surface area contributed by atoms with E-state index in [2.05, 4.69) is 5.32 Å². The summed E-state index contributed by atoms with van der Waals surface area (Å²) in [5.41, 5.74) is -1.88. The first-order chi connectivity index (χ1) is 14.6. The second-order valence-corrected chi connectivity index (χ2v) is 8.67. The van der Waals surface area contributed by atoms with Crippen LogP contribution < -0.4 is 10.7 Å². The third-order valence-electron chi connectivity index (χ3n) is 6.24. The number of rotatable bonds is 3. The van der Waals surface area contributed by atoms with Gasteiger partial charge in [-0.25, -0.2) is 8.78 Å². The number of amides is 2. The second kappa shape index (κ2) is 7.47. The van der Waals surface area contributed by atoms with E-state index >= 15 is 0 Å². The predicted molar refractivity (Wildman–Crippen MR) is 108 cm³/mol. The van der Waals surface area contributed by atoms with Crippen LogP contribution in [0, 0.1) is 17.6 Å². The summed E-state index contributed by atoms with van der Waals surface area (Å²) in [6.07, 6.45) is 2.97. The number of fused-ring (bicyclic) bond motifs is 2. The lowest BCUT2D eigenvalue weighted by atomic mass is 9.82. The number of hydrogen-bond donors (Lipinski definition) is 2.